The Balaban J connectivity index is 1.62. The van der Waals surface area contributed by atoms with Gasteiger partial charge in [-0.2, -0.15) is 0 Å². The molecule has 2 nitrogen and oxygen atoms in total. The number of fused-ring (bicyclic) bond motifs is 3. The quantitative estimate of drug-likeness (QED) is 0.770. The maximum atomic E-state index is 6.67. The zero-order valence-corrected chi connectivity index (χ0v) is 11.7. The van der Waals surface area contributed by atoms with Crippen molar-refractivity contribution in [3.8, 4) is 0 Å². The molecule has 4 atom stereocenters. The van der Waals surface area contributed by atoms with E-state index in [1.807, 2.05) is 0 Å². The second-order valence-corrected chi connectivity index (χ2v) is 6.81. The van der Waals surface area contributed by atoms with Crippen molar-refractivity contribution in [2.45, 2.75) is 56.8 Å². The van der Waals surface area contributed by atoms with Crippen LogP contribution in [0.5, 0.6) is 0 Å². The Labute approximate surface area is 115 Å². The van der Waals surface area contributed by atoms with Crippen LogP contribution in [0.4, 0.5) is 0 Å². The average molecular weight is 257 g/mol. The van der Waals surface area contributed by atoms with E-state index in [1.54, 1.807) is 0 Å². The summed E-state index contributed by atoms with van der Waals surface area (Å²) >= 11 is 0. The van der Waals surface area contributed by atoms with Crippen LogP contribution in [0.3, 0.4) is 0 Å². The van der Waals surface area contributed by atoms with Gasteiger partial charge in [-0.25, -0.2) is 0 Å². The third kappa shape index (κ3) is 1.93. The van der Waals surface area contributed by atoms with Gasteiger partial charge in [-0.3, -0.25) is 0 Å². The van der Waals surface area contributed by atoms with Crippen LogP contribution in [0.25, 0.3) is 0 Å². The fourth-order valence-electron chi connectivity index (χ4n) is 4.39. The summed E-state index contributed by atoms with van der Waals surface area (Å²) in [5.41, 5.74) is 3.01. The predicted molar refractivity (Wildman–Crippen MR) is 76.1 cm³/mol. The van der Waals surface area contributed by atoms with E-state index in [4.69, 9.17) is 4.74 Å². The summed E-state index contributed by atoms with van der Waals surface area (Å²) in [4.78, 5) is 0. The molecule has 0 radical (unpaired) electrons. The Hall–Kier alpha value is -0.860. The van der Waals surface area contributed by atoms with Gasteiger partial charge in [0.2, 0.25) is 0 Å². The van der Waals surface area contributed by atoms with Crippen molar-refractivity contribution in [3.05, 3.63) is 35.4 Å². The van der Waals surface area contributed by atoms with Gasteiger partial charge >= 0.3 is 0 Å². The molecular formula is C17H23NO. The third-order valence-corrected chi connectivity index (χ3v) is 5.28. The average Bonchev–Trinajstić information content (AvgIpc) is 2.76. The Morgan fingerprint density at radius 1 is 1.32 bits per heavy atom. The van der Waals surface area contributed by atoms with E-state index in [0.717, 1.165) is 18.9 Å². The van der Waals surface area contributed by atoms with Crippen LogP contribution < -0.4 is 5.32 Å². The molecule has 1 aromatic rings. The second-order valence-electron chi connectivity index (χ2n) is 6.81. The molecule has 4 unspecified atom stereocenters. The van der Waals surface area contributed by atoms with Gasteiger partial charge in [0.1, 0.15) is 0 Å². The van der Waals surface area contributed by atoms with Gasteiger partial charge in [0.15, 0.2) is 0 Å². The molecule has 1 aromatic carbocycles. The van der Waals surface area contributed by atoms with E-state index in [9.17, 15) is 0 Å². The highest BCUT2D eigenvalue weighted by Crippen LogP contribution is 2.45. The van der Waals surface area contributed by atoms with Crippen molar-refractivity contribution in [1.82, 2.24) is 5.32 Å². The van der Waals surface area contributed by atoms with Crippen LogP contribution in [0.15, 0.2) is 24.3 Å². The number of benzene rings is 1. The standard InChI is InChI=1S/C17H23NO/c1-12-5-4-8-17(10-12)11-18-15-9-13-6-2-3-7-14(13)16(15)19-17/h2-3,6-7,12,15-16,18H,4-5,8-11H2,1H3. The first-order chi connectivity index (χ1) is 9.26. The molecule has 0 aromatic heterocycles. The minimum Gasteiger partial charge on any atom is -0.364 e. The maximum absolute atomic E-state index is 6.67. The highest BCUT2D eigenvalue weighted by molar-refractivity contribution is 5.37. The zero-order chi connectivity index (χ0) is 12.9. The zero-order valence-electron chi connectivity index (χ0n) is 11.7. The number of ether oxygens (including phenoxy) is 1. The van der Waals surface area contributed by atoms with Gasteiger partial charge < -0.3 is 10.1 Å². The molecule has 1 heterocycles. The van der Waals surface area contributed by atoms with E-state index >= 15 is 0 Å². The topological polar surface area (TPSA) is 21.3 Å². The van der Waals surface area contributed by atoms with Crippen LogP contribution >= 0.6 is 0 Å². The van der Waals surface area contributed by atoms with E-state index in [-0.39, 0.29) is 11.7 Å². The molecule has 1 N–H and O–H groups in total. The molecule has 2 aliphatic carbocycles. The summed E-state index contributed by atoms with van der Waals surface area (Å²) in [5.74, 6) is 0.809. The fraction of sp³-hybridized carbons (Fsp3) is 0.647. The lowest BCUT2D eigenvalue weighted by Crippen LogP contribution is -2.56. The third-order valence-electron chi connectivity index (χ3n) is 5.28. The summed E-state index contributed by atoms with van der Waals surface area (Å²) < 4.78 is 6.67. The van der Waals surface area contributed by atoms with Gasteiger partial charge in [-0.1, -0.05) is 44.0 Å². The molecule has 3 aliphatic rings. The van der Waals surface area contributed by atoms with E-state index in [1.165, 1.54) is 36.8 Å². The number of nitrogens with one attached hydrogen (secondary N) is 1. The summed E-state index contributed by atoms with van der Waals surface area (Å²) in [6, 6.07) is 9.31. The van der Waals surface area contributed by atoms with E-state index in [0.29, 0.717) is 6.04 Å². The molecule has 2 fully saturated rings. The molecule has 0 bridgehead atoms. The van der Waals surface area contributed by atoms with Crippen molar-refractivity contribution < 1.29 is 4.74 Å². The first-order valence-electron chi connectivity index (χ1n) is 7.75. The second kappa shape index (κ2) is 4.32. The van der Waals surface area contributed by atoms with Crippen molar-refractivity contribution >= 4 is 0 Å². The van der Waals surface area contributed by atoms with Gasteiger partial charge in [-0.15, -0.1) is 0 Å². The highest BCUT2D eigenvalue weighted by atomic mass is 16.5. The molecule has 102 valence electrons. The monoisotopic (exact) mass is 257 g/mol. The van der Waals surface area contributed by atoms with Crippen LogP contribution in [0.1, 0.15) is 49.8 Å². The molecule has 19 heavy (non-hydrogen) atoms. The molecule has 2 heteroatoms. The maximum Gasteiger partial charge on any atom is 0.0991 e. The Kier molecular flexibility index (Phi) is 2.71. The highest BCUT2D eigenvalue weighted by Gasteiger charge is 2.46. The molecular weight excluding hydrogens is 234 g/mol. The SMILES string of the molecule is CC1CCCC2(CNC3Cc4ccccc4C3O2)C1. The molecule has 1 spiro atoms. The number of morpholine rings is 1. The minimum absolute atomic E-state index is 0.107. The molecule has 1 saturated heterocycles. The van der Waals surface area contributed by atoms with Gasteiger partial charge in [0, 0.05) is 12.6 Å². The van der Waals surface area contributed by atoms with Crippen LogP contribution in [-0.2, 0) is 11.2 Å². The lowest BCUT2D eigenvalue weighted by atomic mass is 9.77. The Bertz CT molecular complexity index is 486. The van der Waals surface area contributed by atoms with Crippen LogP contribution in [0.2, 0.25) is 0 Å². The summed E-state index contributed by atoms with van der Waals surface area (Å²) in [6.45, 7) is 3.42. The van der Waals surface area contributed by atoms with Gasteiger partial charge in [0.05, 0.1) is 11.7 Å². The van der Waals surface area contributed by atoms with Crippen LogP contribution in [0, 0.1) is 5.92 Å². The van der Waals surface area contributed by atoms with Crippen molar-refractivity contribution in [3.63, 3.8) is 0 Å². The molecule has 4 rings (SSSR count). The van der Waals surface area contributed by atoms with Crippen molar-refractivity contribution in [1.29, 1.82) is 0 Å². The lowest BCUT2D eigenvalue weighted by Gasteiger charge is -2.47. The van der Waals surface area contributed by atoms with Gasteiger partial charge in [0.25, 0.3) is 0 Å². The fourth-order valence-corrected chi connectivity index (χ4v) is 4.39. The number of hydrogen-bond acceptors (Lipinski definition) is 2. The summed E-state index contributed by atoms with van der Waals surface area (Å²) in [5, 5.41) is 3.78. The first kappa shape index (κ1) is 11.9. The van der Waals surface area contributed by atoms with Crippen LogP contribution in [-0.4, -0.2) is 18.2 Å². The largest absolute Gasteiger partial charge is 0.364 e. The van der Waals surface area contributed by atoms with Gasteiger partial charge in [-0.05, 0) is 36.3 Å². The van der Waals surface area contributed by atoms with Crippen molar-refractivity contribution in [2.24, 2.45) is 5.92 Å². The molecule has 0 amide bonds. The molecule has 1 saturated carbocycles. The minimum atomic E-state index is 0.107. The predicted octanol–water partition coefficient (Wildman–Crippen LogP) is 3.22. The molecule has 1 aliphatic heterocycles. The van der Waals surface area contributed by atoms with Crippen molar-refractivity contribution in [2.75, 3.05) is 6.54 Å². The summed E-state index contributed by atoms with van der Waals surface area (Å²) in [6.07, 6.45) is 6.57. The number of rotatable bonds is 0. The number of hydrogen-bond donors (Lipinski definition) is 1. The smallest absolute Gasteiger partial charge is 0.0991 e. The van der Waals surface area contributed by atoms with E-state index < -0.39 is 0 Å². The summed E-state index contributed by atoms with van der Waals surface area (Å²) in [7, 11) is 0. The Morgan fingerprint density at radius 2 is 2.21 bits per heavy atom. The normalized spacial score (nSPS) is 41.0. The Morgan fingerprint density at radius 3 is 3.11 bits per heavy atom. The lowest BCUT2D eigenvalue weighted by molar-refractivity contribution is -0.156. The van der Waals surface area contributed by atoms with E-state index in [2.05, 4.69) is 36.5 Å². The first-order valence-corrected chi connectivity index (χ1v) is 7.75.